The van der Waals surface area contributed by atoms with Crippen LogP contribution in [0.2, 0.25) is 0 Å². The van der Waals surface area contributed by atoms with Crippen molar-refractivity contribution in [2.45, 2.75) is 32.9 Å². The third-order valence-corrected chi connectivity index (χ3v) is 2.81. The second-order valence-electron chi connectivity index (χ2n) is 5.07. The number of carboxylic acids is 1. The molecule has 7 nitrogen and oxygen atoms in total. The molecule has 1 aromatic rings. The van der Waals surface area contributed by atoms with Gasteiger partial charge in [0, 0.05) is 19.5 Å². The molecule has 3 N–H and O–H groups in total. The van der Waals surface area contributed by atoms with E-state index in [0.29, 0.717) is 24.5 Å². The summed E-state index contributed by atoms with van der Waals surface area (Å²) in [5.41, 5.74) is 0.814. The number of aliphatic hydroxyl groups is 1. The molecule has 0 aliphatic rings. The molecule has 22 heavy (non-hydrogen) atoms. The van der Waals surface area contributed by atoms with Crippen LogP contribution in [0, 0.1) is 0 Å². The molecule has 0 unspecified atom stereocenters. The van der Waals surface area contributed by atoms with Gasteiger partial charge in [-0.1, -0.05) is 12.2 Å². The predicted octanol–water partition coefficient (Wildman–Crippen LogP) is 1.72. The minimum absolute atomic E-state index is 0.0127. The molecule has 1 heterocycles. The Hall–Kier alpha value is -2.28. The number of rotatable bonds is 9. The fraction of sp³-hybridized carbons (Fsp3) is 0.467. The molecule has 7 heteroatoms. The van der Waals surface area contributed by atoms with E-state index in [0.717, 1.165) is 5.57 Å². The maximum absolute atomic E-state index is 12.1. The molecular formula is C15H22N2O5. The van der Waals surface area contributed by atoms with Gasteiger partial charge < -0.3 is 24.8 Å². The van der Waals surface area contributed by atoms with Crippen LogP contribution in [0.4, 0.5) is 4.79 Å². The number of urea groups is 1. The highest BCUT2D eigenvalue weighted by molar-refractivity contribution is 5.74. The zero-order valence-electron chi connectivity index (χ0n) is 12.7. The summed E-state index contributed by atoms with van der Waals surface area (Å²) in [6.07, 6.45) is 0.385. The summed E-state index contributed by atoms with van der Waals surface area (Å²) in [6.45, 7) is 6.31. The van der Waals surface area contributed by atoms with Gasteiger partial charge in [-0.3, -0.25) is 4.79 Å². The maximum atomic E-state index is 12.1. The first-order valence-electron chi connectivity index (χ1n) is 6.99. The highest BCUT2D eigenvalue weighted by Gasteiger charge is 2.15. The Balaban J connectivity index is 2.56. The van der Waals surface area contributed by atoms with E-state index in [1.54, 1.807) is 12.1 Å². The van der Waals surface area contributed by atoms with E-state index in [9.17, 15) is 9.59 Å². The van der Waals surface area contributed by atoms with E-state index in [1.165, 1.54) is 4.90 Å². The fourth-order valence-electron chi connectivity index (χ4n) is 1.85. The summed E-state index contributed by atoms with van der Waals surface area (Å²) >= 11 is 0. The number of carbonyl (C=O) groups excluding carboxylic acids is 1. The second-order valence-corrected chi connectivity index (χ2v) is 5.07. The number of nitrogens with one attached hydrogen (secondary N) is 1. The van der Waals surface area contributed by atoms with Crippen molar-refractivity contribution in [2.75, 3.05) is 13.1 Å². The largest absolute Gasteiger partial charge is 0.481 e. The monoisotopic (exact) mass is 310 g/mol. The summed E-state index contributed by atoms with van der Waals surface area (Å²) in [5, 5.41) is 20.2. The number of hydrogen-bond donors (Lipinski definition) is 3. The molecule has 0 saturated heterocycles. The Morgan fingerprint density at radius 3 is 2.59 bits per heavy atom. The van der Waals surface area contributed by atoms with E-state index in [1.807, 2.05) is 6.92 Å². The maximum Gasteiger partial charge on any atom is 0.318 e. The average Bonchev–Trinajstić information content (AvgIpc) is 2.89. The molecule has 1 rings (SSSR count). The van der Waals surface area contributed by atoms with E-state index < -0.39 is 5.97 Å². The average molecular weight is 310 g/mol. The quantitative estimate of drug-likeness (QED) is 0.476. The van der Waals surface area contributed by atoms with Gasteiger partial charge in [-0.05, 0) is 25.5 Å². The predicted molar refractivity (Wildman–Crippen MR) is 80.1 cm³/mol. The van der Waals surface area contributed by atoms with Crippen LogP contribution in [0.25, 0.3) is 0 Å². The zero-order chi connectivity index (χ0) is 16.5. The summed E-state index contributed by atoms with van der Waals surface area (Å²) in [6, 6.07) is 3.05. The molecule has 0 bridgehead atoms. The molecule has 122 valence electrons. The lowest BCUT2D eigenvalue weighted by Crippen LogP contribution is -2.40. The summed E-state index contributed by atoms with van der Waals surface area (Å²) in [5.74, 6) is 0.110. The van der Waals surface area contributed by atoms with Crippen LogP contribution in [0.1, 0.15) is 31.3 Å². The topological polar surface area (TPSA) is 103 Å². The Labute approximate surface area is 129 Å². The van der Waals surface area contributed by atoms with Gasteiger partial charge in [0.05, 0.1) is 6.54 Å². The Morgan fingerprint density at radius 1 is 1.36 bits per heavy atom. The lowest BCUT2D eigenvalue weighted by Gasteiger charge is -2.22. The first-order valence-corrected chi connectivity index (χ1v) is 6.99. The molecule has 0 fully saturated rings. The molecule has 0 atom stereocenters. The number of furan rings is 1. The first kappa shape index (κ1) is 17.8. The third-order valence-electron chi connectivity index (χ3n) is 2.81. The zero-order valence-corrected chi connectivity index (χ0v) is 12.7. The molecule has 2 amide bonds. The first-order chi connectivity index (χ1) is 10.4. The number of aliphatic carboxylic acids is 1. The number of hydrogen-bond acceptors (Lipinski definition) is 4. The summed E-state index contributed by atoms with van der Waals surface area (Å²) in [4.78, 5) is 24.1. The van der Waals surface area contributed by atoms with Crippen molar-refractivity contribution < 1.29 is 24.2 Å². The summed E-state index contributed by atoms with van der Waals surface area (Å²) in [7, 11) is 0. The van der Waals surface area contributed by atoms with Crippen molar-refractivity contribution in [3.05, 3.63) is 35.8 Å². The van der Waals surface area contributed by atoms with Gasteiger partial charge in [0.1, 0.15) is 18.1 Å². The molecule has 0 radical (unpaired) electrons. The lowest BCUT2D eigenvalue weighted by atomic mass is 10.3. The van der Waals surface area contributed by atoms with Crippen molar-refractivity contribution in [1.29, 1.82) is 0 Å². The standard InChI is InChI=1S/C15H22N2O5/c1-11(2)8-17(9-12-5-6-13(10-18)22-12)15(21)16-7-3-4-14(19)20/h5-6,18H,1,3-4,7-10H2,2H3,(H,16,21)(H,19,20). The SMILES string of the molecule is C=C(C)CN(Cc1ccc(CO)o1)C(=O)NCCCC(=O)O. The second kappa shape index (κ2) is 8.89. The van der Waals surface area contributed by atoms with Crippen LogP contribution in [0.15, 0.2) is 28.7 Å². The number of aliphatic hydroxyl groups excluding tert-OH is 1. The van der Waals surface area contributed by atoms with Gasteiger partial charge >= 0.3 is 12.0 Å². The van der Waals surface area contributed by atoms with Crippen molar-refractivity contribution in [3.63, 3.8) is 0 Å². The molecule has 0 saturated carbocycles. The molecule has 0 aromatic carbocycles. The van der Waals surface area contributed by atoms with Gasteiger partial charge in [0.25, 0.3) is 0 Å². The highest BCUT2D eigenvalue weighted by atomic mass is 16.4. The van der Waals surface area contributed by atoms with Crippen LogP contribution in [-0.4, -0.2) is 40.2 Å². The Morgan fingerprint density at radius 2 is 2.05 bits per heavy atom. The molecular weight excluding hydrogens is 288 g/mol. The number of amides is 2. The van der Waals surface area contributed by atoms with Gasteiger partial charge in [0.15, 0.2) is 0 Å². The molecule has 0 spiro atoms. The lowest BCUT2D eigenvalue weighted by molar-refractivity contribution is -0.137. The van der Waals surface area contributed by atoms with Crippen LogP contribution in [0.3, 0.4) is 0 Å². The third kappa shape index (κ3) is 6.45. The van der Waals surface area contributed by atoms with Gasteiger partial charge in [-0.15, -0.1) is 0 Å². The fourth-order valence-corrected chi connectivity index (χ4v) is 1.85. The van der Waals surface area contributed by atoms with E-state index in [2.05, 4.69) is 11.9 Å². The van der Waals surface area contributed by atoms with Crippen molar-refractivity contribution >= 4 is 12.0 Å². The molecule has 0 aliphatic carbocycles. The van der Waals surface area contributed by atoms with Crippen LogP contribution in [-0.2, 0) is 17.9 Å². The van der Waals surface area contributed by atoms with E-state index >= 15 is 0 Å². The van der Waals surface area contributed by atoms with Gasteiger partial charge in [0.2, 0.25) is 0 Å². The minimum Gasteiger partial charge on any atom is -0.481 e. The van der Waals surface area contributed by atoms with Crippen LogP contribution in [0.5, 0.6) is 0 Å². The normalized spacial score (nSPS) is 10.3. The van der Waals surface area contributed by atoms with Crippen molar-refractivity contribution in [1.82, 2.24) is 10.2 Å². The minimum atomic E-state index is -0.889. The van der Waals surface area contributed by atoms with Crippen LogP contribution < -0.4 is 5.32 Å². The number of carbonyl (C=O) groups is 2. The summed E-state index contributed by atoms with van der Waals surface area (Å²) < 4.78 is 5.37. The number of nitrogens with zero attached hydrogens (tertiary/aromatic N) is 1. The Bertz CT molecular complexity index is 524. The molecule has 1 aromatic heterocycles. The molecule has 0 aliphatic heterocycles. The van der Waals surface area contributed by atoms with Gasteiger partial charge in [-0.2, -0.15) is 0 Å². The van der Waals surface area contributed by atoms with E-state index in [-0.39, 0.29) is 32.1 Å². The van der Waals surface area contributed by atoms with Gasteiger partial charge in [-0.25, -0.2) is 4.79 Å². The highest BCUT2D eigenvalue weighted by Crippen LogP contribution is 2.12. The van der Waals surface area contributed by atoms with Crippen molar-refractivity contribution in [3.8, 4) is 0 Å². The smallest absolute Gasteiger partial charge is 0.318 e. The van der Waals surface area contributed by atoms with Crippen molar-refractivity contribution in [2.24, 2.45) is 0 Å². The number of carboxylic acid groups (broad SMARTS) is 1. The Kier molecular flexibility index (Phi) is 7.18. The van der Waals surface area contributed by atoms with Crippen LogP contribution >= 0.6 is 0 Å². The van der Waals surface area contributed by atoms with E-state index in [4.69, 9.17) is 14.6 Å².